The van der Waals surface area contributed by atoms with Gasteiger partial charge in [0, 0.05) is 18.2 Å². The average Bonchev–Trinajstić information content (AvgIpc) is 2.17. The van der Waals surface area contributed by atoms with E-state index < -0.39 is 11.9 Å². The molecule has 0 aromatic carbocycles. The first-order valence-electron chi connectivity index (χ1n) is 3.74. The molecule has 0 saturated heterocycles. The molecular formula is C8H9NO6. The van der Waals surface area contributed by atoms with Gasteiger partial charge in [0.15, 0.2) is 0 Å². The minimum atomic E-state index is -1.26. The summed E-state index contributed by atoms with van der Waals surface area (Å²) in [6.07, 6.45) is 4.20. The van der Waals surface area contributed by atoms with Crippen LogP contribution in [0.25, 0.3) is 0 Å². The molecule has 1 amide bonds. The third-order valence-electron chi connectivity index (χ3n) is 0.990. The lowest BCUT2D eigenvalue weighted by molar-refractivity contribution is -0.134. The van der Waals surface area contributed by atoms with Gasteiger partial charge in [-0.3, -0.25) is 9.63 Å². The first-order chi connectivity index (χ1) is 7.02. The Morgan fingerprint density at radius 3 is 2.07 bits per heavy atom. The van der Waals surface area contributed by atoms with Crippen LogP contribution in [0.3, 0.4) is 0 Å². The number of amides is 1. The normalized spacial score (nSPS) is 14.0. The number of carbonyl (C=O) groups is 3. The second-order valence-corrected chi connectivity index (χ2v) is 2.19. The zero-order valence-corrected chi connectivity index (χ0v) is 7.54. The molecule has 0 aliphatic carbocycles. The Bertz CT molecular complexity index is 290. The first-order valence-corrected chi connectivity index (χ1v) is 3.74. The maximum atomic E-state index is 10.1. The minimum absolute atomic E-state index is 0.189. The van der Waals surface area contributed by atoms with Crippen LogP contribution in [0.4, 0.5) is 0 Å². The minimum Gasteiger partial charge on any atom is -0.478 e. The predicted octanol–water partition coefficient (Wildman–Crippen LogP) is -0.684. The molecule has 1 rings (SSSR count). The van der Waals surface area contributed by atoms with Crippen molar-refractivity contribution in [1.82, 2.24) is 5.48 Å². The van der Waals surface area contributed by atoms with Crippen LogP contribution in [0.1, 0.15) is 0 Å². The fraction of sp³-hybridized carbons (Fsp3) is 0.125. The van der Waals surface area contributed by atoms with Crippen LogP contribution in [0, 0.1) is 0 Å². The highest BCUT2D eigenvalue weighted by Gasteiger charge is 1.96. The van der Waals surface area contributed by atoms with E-state index in [1.54, 1.807) is 6.08 Å². The third kappa shape index (κ3) is 9.77. The van der Waals surface area contributed by atoms with E-state index in [1.807, 2.05) is 0 Å². The molecule has 1 aliphatic rings. The molecular weight excluding hydrogens is 206 g/mol. The number of carboxylic acids is 2. The molecule has 0 unspecified atom stereocenters. The van der Waals surface area contributed by atoms with Gasteiger partial charge in [-0.1, -0.05) is 6.08 Å². The number of nitrogens with one attached hydrogen (secondary N) is 1. The highest BCUT2D eigenvalue weighted by molar-refractivity contribution is 5.89. The van der Waals surface area contributed by atoms with Gasteiger partial charge in [0.25, 0.3) is 5.91 Å². The summed E-state index contributed by atoms with van der Waals surface area (Å²) in [5, 5.41) is 15.6. The number of rotatable bonds is 2. The van der Waals surface area contributed by atoms with E-state index >= 15 is 0 Å². The topological polar surface area (TPSA) is 113 Å². The number of hydroxylamine groups is 1. The lowest BCUT2D eigenvalue weighted by atomic mass is 10.5. The average molecular weight is 215 g/mol. The predicted molar refractivity (Wildman–Crippen MR) is 47.6 cm³/mol. The Kier molecular flexibility index (Phi) is 6.23. The van der Waals surface area contributed by atoms with Gasteiger partial charge >= 0.3 is 11.9 Å². The van der Waals surface area contributed by atoms with Crippen LogP contribution in [0.15, 0.2) is 24.3 Å². The fourth-order valence-electron chi connectivity index (χ4n) is 0.493. The molecule has 3 N–H and O–H groups in total. The highest BCUT2D eigenvalue weighted by Crippen LogP contribution is 1.81. The van der Waals surface area contributed by atoms with E-state index in [-0.39, 0.29) is 5.91 Å². The smallest absolute Gasteiger partial charge is 0.328 e. The van der Waals surface area contributed by atoms with Gasteiger partial charge in [0.05, 0.1) is 6.61 Å². The summed E-state index contributed by atoms with van der Waals surface area (Å²) in [4.78, 5) is 33.7. The molecule has 0 radical (unpaired) electrons. The van der Waals surface area contributed by atoms with Crippen LogP contribution in [0.2, 0.25) is 0 Å². The number of carboxylic acid groups (broad SMARTS) is 2. The van der Waals surface area contributed by atoms with Crippen LogP contribution >= 0.6 is 0 Å². The number of aliphatic carboxylic acids is 2. The molecule has 7 heteroatoms. The zero-order chi connectivity index (χ0) is 11.7. The monoisotopic (exact) mass is 215 g/mol. The summed E-state index contributed by atoms with van der Waals surface area (Å²) in [5.74, 6) is -2.70. The highest BCUT2D eigenvalue weighted by atomic mass is 16.7. The van der Waals surface area contributed by atoms with Gasteiger partial charge in [-0.25, -0.2) is 15.1 Å². The fourth-order valence-corrected chi connectivity index (χ4v) is 0.493. The maximum Gasteiger partial charge on any atom is 0.328 e. The van der Waals surface area contributed by atoms with Crippen LogP contribution < -0.4 is 5.48 Å². The Morgan fingerprint density at radius 2 is 1.87 bits per heavy atom. The second kappa shape index (κ2) is 7.27. The van der Waals surface area contributed by atoms with E-state index in [0.717, 1.165) is 0 Å². The summed E-state index contributed by atoms with van der Waals surface area (Å²) in [6, 6.07) is 0. The van der Waals surface area contributed by atoms with E-state index in [1.165, 1.54) is 6.08 Å². The van der Waals surface area contributed by atoms with Crippen molar-refractivity contribution in [3.63, 3.8) is 0 Å². The number of hydrogen-bond acceptors (Lipinski definition) is 4. The summed E-state index contributed by atoms with van der Waals surface area (Å²) >= 11 is 0. The van der Waals surface area contributed by atoms with Crippen molar-refractivity contribution in [3.05, 3.63) is 24.3 Å². The van der Waals surface area contributed by atoms with E-state index in [0.29, 0.717) is 18.8 Å². The molecule has 0 fully saturated rings. The number of hydrogen-bond donors (Lipinski definition) is 3. The van der Waals surface area contributed by atoms with Crippen molar-refractivity contribution < 1.29 is 29.4 Å². The molecule has 1 aliphatic heterocycles. The van der Waals surface area contributed by atoms with Gasteiger partial charge in [-0.15, -0.1) is 0 Å². The largest absolute Gasteiger partial charge is 0.478 e. The lowest BCUT2D eigenvalue weighted by Gasteiger charge is -2.02. The Morgan fingerprint density at radius 1 is 1.33 bits per heavy atom. The van der Waals surface area contributed by atoms with Crippen molar-refractivity contribution in [2.24, 2.45) is 0 Å². The summed E-state index contributed by atoms with van der Waals surface area (Å²) in [5.41, 5.74) is 2.16. The van der Waals surface area contributed by atoms with Gasteiger partial charge in [0.1, 0.15) is 0 Å². The zero-order valence-electron chi connectivity index (χ0n) is 7.54. The third-order valence-corrected chi connectivity index (χ3v) is 0.990. The van der Waals surface area contributed by atoms with Gasteiger partial charge in [-0.05, 0) is 0 Å². The van der Waals surface area contributed by atoms with Gasteiger partial charge in [-0.2, -0.15) is 0 Å². The molecule has 0 saturated carbocycles. The van der Waals surface area contributed by atoms with Crippen molar-refractivity contribution in [3.8, 4) is 0 Å². The molecule has 0 spiro atoms. The van der Waals surface area contributed by atoms with Crippen LogP contribution in [-0.4, -0.2) is 34.7 Å². The van der Waals surface area contributed by atoms with Crippen LogP contribution in [-0.2, 0) is 19.2 Å². The molecule has 82 valence electrons. The molecule has 1 heterocycles. The van der Waals surface area contributed by atoms with Crippen molar-refractivity contribution in [2.75, 3.05) is 6.61 Å². The van der Waals surface area contributed by atoms with Gasteiger partial charge in [0.2, 0.25) is 0 Å². The molecule has 0 aromatic rings. The summed E-state index contributed by atoms with van der Waals surface area (Å²) in [7, 11) is 0. The van der Waals surface area contributed by atoms with Gasteiger partial charge < -0.3 is 10.2 Å². The Hall–Kier alpha value is -2.15. The summed E-state index contributed by atoms with van der Waals surface area (Å²) in [6.45, 7) is 0.478. The molecule has 0 bridgehead atoms. The Balaban J connectivity index is 0.000000262. The lowest BCUT2D eigenvalue weighted by Crippen LogP contribution is -2.24. The first kappa shape index (κ1) is 12.8. The molecule has 0 aromatic heterocycles. The standard InChI is InChI=1S/C4H5NO2.C4H4O4/c6-4-2-1-3-7-5-4;5-3(6)1-2-4(7)8/h1-2H,3H2,(H,5,6);1-2H,(H,5,6)(H,7,8)/b;2-1+. The SMILES string of the molecule is O=C(O)/C=C/C(=O)O.O=C1C=CCON1. The van der Waals surface area contributed by atoms with E-state index in [9.17, 15) is 14.4 Å². The molecule has 15 heavy (non-hydrogen) atoms. The number of carbonyl (C=O) groups excluding carboxylic acids is 1. The summed E-state index contributed by atoms with van der Waals surface area (Å²) < 4.78 is 0. The van der Waals surface area contributed by atoms with E-state index in [4.69, 9.17) is 10.2 Å². The molecule has 0 atom stereocenters. The second-order valence-electron chi connectivity index (χ2n) is 2.19. The molecule has 7 nitrogen and oxygen atoms in total. The van der Waals surface area contributed by atoms with E-state index in [2.05, 4.69) is 10.3 Å². The van der Waals surface area contributed by atoms with Crippen molar-refractivity contribution in [1.29, 1.82) is 0 Å². The van der Waals surface area contributed by atoms with Crippen molar-refractivity contribution >= 4 is 17.8 Å². The quantitative estimate of drug-likeness (QED) is 0.526. The van der Waals surface area contributed by atoms with Crippen LogP contribution in [0.5, 0.6) is 0 Å². The Labute approximate surface area is 84.6 Å². The maximum absolute atomic E-state index is 10.1. The van der Waals surface area contributed by atoms with Crippen molar-refractivity contribution in [2.45, 2.75) is 0 Å².